The maximum atomic E-state index is 9.55. The maximum Gasteiger partial charge on any atom is 0.207 e. The van der Waals surface area contributed by atoms with Gasteiger partial charge in [-0.3, -0.25) is 0 Å². The summed E-state index contributed by atoms with van der Waals surface area (Å²) in [5, 5.41) is 13.3. The molecule has 3 N–H and O–H groups in total. The summed E-state index contributed by atoms with van der Waals surface area (Å²) < 4.78 is 8.55. The first-order valence-corrected chi connectivity index (χ1v) is 14.8. The number of rotatable bonds is 6. The second-order valence-corrected chi connectivity index (χ2v) is 12.3. The number of anilines is 2. The molecule has 4 heterocycles. The third kappa shape index (κ3) is 4.96. The summed E-state index contributed by atoms with van der Waals surface area (Å²) in [6, 6.07) is 4.03. The topological polar surface area (TPSA) is 118 Å². The van der Waals surface area contributed by atoms with Crippen LogP contribution in [0.2, 0.25) is 5.02 Å². The number of hydrogen-bond donors (Lipinski definition) is 2. The Hall–Kier alpha value is -3.11. The molecular formula is C29H39ClN8O2. The zero-order valence-electron chi connectivity index (χ0n) is 23.6. The Balaban J connectivity index is 1.60. The van der Waals surface area contributed by atoms with Gasteiger partial charge in [-0.2, -0.15) is 0 Å². The number of oxime groups is 1. The van der Waals surface area contributed by atoms with Crippen LogP contribution in [0.1, 0.15) is 57.6 Å². The van der Waals surface area contributed by atoms with Crippen LogP contribution in [0.15, 0.2) is 23.5 Å². The highest BCUT2D eigenvalue weighted by atomic mass is 35.5. The lowest BCUT2D eigenvalue weighted by Gasteiger charge is -2.39. The van der Waals surface area contributed by atoms with E-state index in [9.17, 15) is 5.21 Å². The Morgan fingerprint density at radius 3 is 2.73 bits per heavy atom. The minimum atomic E-state index is -0.0656. The van der Waals surface area contributed by atoms with Gasteiger partial charge in [0.05, 0.1) is 34.8 Å². The lowest BCUT2D eigenvalue weighted by atomic mass is 9.83. The molecule has 0 spiro atoms. The highest BCUT2D eigenvalue weighted by Gasteiger charge is 2.39. The Morgan fingerprint density at radius 2 is 1.98 bits per heavy atom. The molecular weight excluding hydrogens is 528 g/mol. The van der Waals surface area contributed by atoms with Gasteiger partial charge in [-0.1, -0.05) is 36.5 Å². The van der Waals surface area contributed by atoms with E-state index in [0.717, 1.165) is 66.6 Å². The van der Waals surface area contributed by atoms with E-state index in [0.29, 0.717) is 35.0 Å². The number of fused-ring (bicyclic) bond motifs is 2. The highest BCUT2D eigenvalue weighted by molar-refractivity contribution is 6.31. The van der Waals surface area contributed by atoms with Gasteiger partial charge >= 0.3 is 0 Å². The standard InChI is InChI=1S/C29H39ClN8O2/c1-17-7-9-18(10-8-17)16-38-26-21(34-29(38)37-11-12-40-24-6-4-5-23(24)37)14-22(27(31)35-39)33-25(26)20-13-19(30)15-32-28(20)36(2)3/h13-15,17-18,23-24,39H,4-12,16H2,1-3H3,(H2,31,35)/t17?,18?,23-,24-/m0/s1. The molecule has 0 radical (unpaired) electrons. The van der Waals surface area contributed by atoms with Crippen molar-refractivity contribution in [3.63, 3.8) is 0 Å². The van der Waals surface area contributed by atoms with Crippen molar-refractivity contribution >= 4 is 40.2 Å². The molecule has 6 rings (SSSR count). The normalized spacial score (nSPS) is 25.4. The first kappa shape index (κ1) is 27.1. The van der Waals surface area contributed by atoms with Gasteiger partial charge in [0.2, 0.25) is 5.95 Å². The molecule has 3 fully saturated rings. The van der Waals surface area contributed by atoms with Crippen molar-refractivity contribution in [2.24, 2.45) is 22.7 Å². The Labute approximate surface area is 240 Å². The van der Waals surface area contributed by atoms with Gasteiger partial charge in [-0.05, 0) is 56.1 Å². The zero-order chi connectivity index (χ0) is 28.0. The number of nitrogens with two attached hydrogens (primary N) is 1. The first-order valence-electron chi connectivity index (χ1n) is 14.4. The molecule has 2 atom stereocenters. The van der Waals surface area contributed by atoms with Crippen LogP contribution in [-0.4, -0.2) is 70.0 Å². The Morgan fingerprint density at radius 1 is 1.18 bits per heavy atom. The molecule has 0 unspecified atom stereocenters. The largest absolute Gasteiger partial charge is 0.409 e. The summed E-state index contributed by atoms with van der Waals surface area (Å²) in [6.45, 7) is 4.70. The number of nitrogens with zero attached hydrogens (tertiary/aromatic N) is 7. The van der Waals surface area contributed by atoms with Crippen LogP contribution in [0.4, 0.5) is 11.8 Å². The molecule has 1 saturated heterocycles. The molecule has 0 bridgehead atoms. The van der Waals surface area contributed by atoms with Crippen molar-refractivity contribution in [3.8, 4) is 11.3 Å². The molecule has 10 nitrogen and oxygen atoms in total. The second-order valence-electron chi connectivity index (χ2n) is 11.9. The lowest BCUT2D eigenvalue weighted by molar-refractivity contribution is 0.0247. The molecule has 1 aliphatic heterocycles. The maximum absolute atomic E-state index is 9.55. The molecule has 2 aliphatic carbocycles. The molecule has 40 heavy (non-hydrogen) atoms. The number of morpholine rings is 1. The van der Waals surface area contributed by atoms with Crippen LogP contribution >= 0.6 is 11.6 Å². The number of imidazole rings is 1. The lowest BCUT2D eigenvalue weighted by Crippen LogP contribution is -2.49. The SMILES string of the molecule is CC1CCC(Cn2c(N3CCO[C@H]4CCC[C@@H]43)nc3cc(C(N)=NO)nc(-c4cc(Cl)cnc4N(C)C)c32)CC1. The summed E-state index contributed by atoms with van der Waals surface area (Å²) in [4.78, 5) is 19.3. The number of amidine groups is 1. The van der Waals surface area contributed by atoms with Gasteiger partial charge in [0, 0.05) is 38.9 Å². The average molecular weight is 567 g/mol. The molecule has 3 aromatic rings. The minimum Gasteiger partial charge on any atom is -0.409 e. The van der Waals surface area contributed by atoms with Gasteiger partial charge in [-0.15, -0.1) is 0 Å². The zero-order valence-corrected chi connectivity index (χ0v) is 24.3. The van der Waals surface area contributed by atoms with Crippen LogP contribution in [-0.2, 0) is 11.3 Å². The fraction of sp³-hybridized carbons (Fsp3) is 0.586. The summed E-state index contributed by atoms with van der Waals surface area (Å²) >= 11 is 6.51. The van der Waals surface area contributed by atoms with E-state index in [1.165, 1.54) is 25.7 Å². The predicted molar refractivity (Wildman–Crippen MR) is 158 cm³/mol. The van der Waals surface area contributed by atoms with Crippen LogP contribution in [0.5, 0.6) is 0 Å². The molecule has 3 aromatic heterocycles. The number of hydrogen-bond acceptors (Lipinski definition) is 8. The smallest absolute Gasteiger partial charge is 0.207 e. The van der Waals surface area contributed by atoms with E-state index in [2.05, 4.69) is 26.5 Å². The average Bonchev–Trinajstić information content (AvgIpc) is 3.58. The van der Waals surface area contributed by atoms with E-state index in [-0.39, 0.29) is 11.9 Å². The highest BCUT2D eigenvalue weighted by Crippen LogP contribution is 2.40. The van der Waals surface area contributed by atoms with Gasteiger partial charge in [0.25, 0.3) is 0 Å². The van der Waals surface area contributed by atoms with E-state index >= 15 is 0 Å². The van der Waals surface area contributed by atoms with Gasteiger partial charge in [0.15, 0.2) is 5.84 Å². The second kappa shape index (κ2) is 11.0. The fourth-order valence-electron chi connectivity index (χ4n) is 6.81. The third-order valence-electron chi connectivity index (χ3n) is 8.90. The fourth-order valence-corrected chi connectivity index (χ4v) is 6.97. The van der Waals surface area contributed by atoms with Crippen molar-refractivity contribution in [2.75, 3.05) is 37.0 Å². The van der Waals surface area contributed by atoms with E-state index in [4.69, 9.17) is 32.0 Å². The summed E-state index contributed by atoms with van der Waals surface area (Å²) in [5.41, 5.74) is 9.61. The van der Waals surface area contributed by atoms with Gasteiger partial charge in [-0.25, -0.2) is 15.0 Å². The minimum absolute atomic E-state index is 0.0656. The van der Waals surface area contributed by atoms with Crippen molar-refractivity contribution in [3.05, 3.63) is 29.0 Å². The third-order valence-corrected chi connectivity index (χ3v) is 9.11. The number of ether oxygens (including phenoxy) is 1. The van der Waals surface area contributed by atoms with Crippen LogP contribution in [0.25, 0.3) is 22.3 Å². The number of aromatic nitrogens is 4. The Bertz CT molecular complexity index is 1410. The summed E-state index contributed by atoms with van der Waals surface area (Å²) in [6.07, 6.45) is 10.1. The van der Waals surface area contributed by atoms with E-state index in [1.54, 1.807) is 6.20 Å². The predicted octanol–water partition coefficient (Wildman–Crippen LogP) is 4.89. The monoisotopic (exact) mass is 566 g/mol. The summed E-state index contributed by atoms with van der Waals surface area (Å²) in [5.74, 6) is 2.95. The molecule has 3 aliphatic rings. The van der Waals surface area contributed by atoms with Gasteiger partial charge in [0.1, 0.15) is 17.2 Å². The molecule has 2 saturated carbocycles. The molecule has 214 valence electrons. The van der Waals surface area contributed by atoms with Crippen molar-refractivity contribution < 1.29 is 9.94 Å². The first-order chi connectivity index (χ1) is 19.3. The summed E-state index contributed by atoms with van der Waals surface area (Å²) in [7, 11) is 3.90. The van der Waals surface area contributed by atoms with E-state index in [1.807, 2.05) is 31.1 Å². The molecule has 11 heteroatoms. The van der Waals surface area contributed by atoms with Crippen molar-refractivity contribution in [1.82, 2.24) is 19.5 Å². The van der Waals surface area contributed by atoms with Crippen molar-refractivity contribution in [2.45, 2.75) is 70.6 Å². The van der Waals surface area contributed by atoms with Crippen LogP contribution in [0, 0.1) is 11.8 Å². The van der Waals surface area contributed by atoms with Crippen LogP contribution in [0.3, 0.4) is 0 Å². The molecule has 0 aromatic carbocycles. The molecule has 0 amide bonds. The quantitative estimate of drug-likeness (QED) is 0.187. The van der Waals surface area contributed by atoms with Crippen molar-refractivity contribution in [1.29, 1.82) is 0 Å². The Kier molecular flexibility index (Phi) is 7.48. The van der Waals surface area contributed by atoms with E-state index < -0.39 is 0 Å². The number of pyridine rings is 2. The van der Waals surface area contributed by atoms with Crippen LogP contribution < -0.4 is 15.5 Å². The van der Waals surface area contributed by atoms with Gasteiger partial charge < -0.3 is 30.0 Å². The number of halogens is 1.